The number of hydrogen-bond acceptors (Lipinski definition) is 4. The molecule has 6 heteroatoms. The Hall–Kier alpha value is -1.30. The predicted molar refractivity (Wildman–Crippen MR) is 83.0 cm³/mol. The fourth-order valence-electron chi connectivity index (χ4n) is 2.42. The van der Waals surface area contributed by atoms with Crippen LogP contribution in [0.3, 0.4) is 0 Å². The number of ketones is 1. The third kappa shape index (κ3) is 3.87. The van der Waals surface area contributed by atoms with Crippen molar-refractivity contribution in [3.8, 4) is 0 Å². The number of aliphatic carboxylic acids is 1. The zero-order valence-corrected chi connectivity index (χ0v) is 14.0. The Kier molecular flexibility index (Phi) is 6.01. The predicted octanol–water partition coefficient (Wildman–Crippen LogP) is 2.17. The first-order valence-electron chi connectivity index (χ1n) is 7.03. The summed E-state index contributed by atoms with van der Waals surface area (Å²) in [6, 6.07) is 0. The number of rotatable bonds is 7. The molecule has 0 aromatic rings. The minimum absolute atomic E-state index is 0.134. The van der Waals surface area contributed by atoms with Crippen molar-refractivity contribution in [2.45, 2.75) is 39.5 Å². The molecule has 118 valence electrons. The van der Waals surface area contributed by atoms with E-state index in [-0.39, 0.29) is 34.5 Å². The van der Waals surface area contributed by atoms with Gasteiger partial charge in [-0.1, -0.05) is 27.7 Å². The second-order valence-corrected chi connectivity index (χ2v) is 6.84. The second kappa shape index (κ2) is 7.11. The van der Waals surface area contributed by atoms with E-state index in [1.807, 2.05) is 20.1 Å². The molecule has 0 unspecified atom stereocenters. The number of thioether (sulfide) groups is 1. The Balaban J connectivity index is 3.29. The molecule has 1 N–H and O–H groups in total. The van der Waals surface area contributed by atoms with Crippen molar-refractivity contribution in [3.63, 3.8) is 0 Å². The molecule has 0 spiro atoms. The van der Waals surface area contributed by atoms with Gasteiger partial charge in [0.15, 0.2) is 5.78 Å². The van der Waals surface area contributed by atoms with Crippen LogP contribution in [0.25, 0.3) is 0 Å². The number of amides is 1. The highest BCUT2D eigenvalue weighted by Crippen LogP contribution is 2.36. The molecule has 0 aliphatic carbocycles. The standard InChI is InChI=1S/C15H23NO4S/c1-8(2)7-16-14(20)10(6-11(17)18)12(15(16)21-5)13(19)9(3)4/h8-9,15H,6-7H2,1-5H3,(H,17,18)/t15-/m0/s1. The summed E-state index contributed by atoms with van der Waals surface area (Å²) < 4.78 is 0. The lowest BCUT2D eigenvalue weighted by Gasteiger charge is -2.27. The summed E-state index contributed by atoms with van der Waals surface area (Å²) in [5.74, 6) is -1.54. The van der Waals surface area contributed by atoms with E-state index < -0.39 is 12.4 Å². The highest BCUT2D eigenvalue weighted by Gasteiger charge is 2.42. The minimum atomic E-state index is -1.08. The van der Waals surface area contributed by atoms with Gasteiger partial charge in [0.1, 0.15) is 5.37 Å². The van der Waals surface area contributed by atoms with Gasteiger partial charge in [0.2, 0.25) is 0 Å². The normalized spacial score (nSPS) is 19.1. The molecule has 0 saturated carbocycles. The maximum absolute atomic E-state index is 12.5. The Morgan fingerprint density at radius 2 is 1.86 bits per heavy atom. The van der Waals surface area contributed by atoms with Crippen LogP contribution in [0.15, 0.2) is 11.1 Å². The Bertz CT molecular complexity index is 482. The molecule has 1 amide bonds. The molecular weight excluding hydrogens is 290 g/mol. The molecule has 5 nitrogen and oxygen atoms in total. The van der Waals surface area contributed by atoms with Gasteiger partial charge >= 0.3 is 5.97 Å². The molecule has 0 aromatic heterocycles. The first kappa shape index (κ1) is 17.8. The van der Waals surface area contributed by atoms with Gasteiger partial charge in [0.05, 0.1) is 6.42 Å². The lowest BCUT2D eigenvalue weighted by Crippen LogP contribution is -2.37. The van der Waals surface area contributed by atoms with Crippen LogP contribution < -0.4 is 0 Å². The molecule has 1 heterocycles. The van der Waals surface area contributed by atoms with Gasteiger partial charge in [-0.2, -0.15) is 0 Å². The van der Waals surface area contributed by atoms with Crippen LogP contribution in [0.5, 0.6) is 0 Å². The average Bonchev–Trinajstić information content (AvgIpc) is 2.61. The number of nitrogens with zero attached hydrogens (tertiary/aromatic N) is 1. The van der Waals surface area contributed by atoms with E-state index in [4.69, 9.17) is 5.11 Å². The van der Waals surface area contributed by atoms with Crippen molar-refractivity contribution in [1.82, 2.24) is 4.90 Å². The van der Waals surface area contributed by atoms with Gasteiger partial charge in [-0.05, 0) is 12.2 Å². The molecule has 1 aliphatic rings. The van der Waals surface area contributed by atoms with Crippen LogP contribution >= 0.6 is 11.8 Å². The van der Waals surface area contributed by atoms with Gasteiger partial charge in [-0.3, -0.25) is 14.4 Å². The van der Waals surface area contributed by atoms with Gasteiger partial charge in [-0.25, -0.2) is 0 Å². The maximum Gasteiger partial charge on any atom is 0.308 e. The van der Waals surface area contributed by atoms with Crippen molar-refractivity contribution in [2.75, 3.05) is 12.8 Å². The topological polar surface area (TPSA) is 74.7 Å². The fourth-order valence-corrected chi connectivity index (χ4v) is 3.35. The van der Waals surface area contributed by atoms with Crippen LogP contribution in [0.4, 0.5) is 0 Å². The van der Waals surface area contributed by atoms with Gasteiger partial charge < -0.3 is 10.0 Å². The third-order valence-corrected chi connectivity index (χ3v) is 4.21. The molecular formula is C15H23NO4S. The second-order valence-electron chi connectivity index (χ2n) is 5.92. The summed E-state index contributed by atoms with van der Waals surface area (Å²) in [5, 5.41) is 8.66. The van der Waals surface area contributed by atoms with Gasteiger partial charge in [0, 0.05) is 23.6 Å². The number of carbonyl (C=O) groups is 3. The summed E-state index contributed by atoms with van der Waals surface area (Å²) >= 11 is 1.40. The molecule has 0 fully saturated rings. The Morgan fingerprint density at radius 1 is 1.29 bits per heavy atom. The van der Waals surface area contributed by atoms with Crippen LogP contribution in [-0.4, -0.2) is 45.8 Å². The Morgan fingerprint density at radius 3 is 2.24 bits per heavy atom. The SMILES string of the molecule is CS[C@H]1C(C(=O)C(C)C)=C(CC(=O)O)C(=O)N1CC(C)C. The van der Waals surface area contributed by atoms with E-state index in [2.05, 4.69) is 0 Å². The van der Waals surface area contributed by atoms with E-state index in [0.717, 1.165) is 0 Å². The third-order valence-electron chi connectivity index (χ3n) is 3.28. The first-order valence-corrected chi connectivity index (χ1v) is 8.32. The largest absolute Gasteiger partial charge is 0.481 e. The molecule has 1 aliphatic heterocycles. The van der Waals surface area contributed by atoms with Crippen LogP contribution in [0.2, 0.25) is 0 Å². The van der Waals surface area contributed by atoms with Gasteiger partial charge in [-0.15, -0.1) is 11.8 Å². The van der Waals surface area contributed by atoms with Crippen LogP contribution in [0.1, 0.15) is 34.1 Å². The van der Waals surface area contributed by atoms with Gasteiger partial charge in [0.25, 0.3) is 5.91 Å². The molecule has 1 rings (SSSR count). The maximum atomic E-state index is 12.5. The zero-order chi connectivity index (χ0) is 16.3. The van der Waals surface area contributed by atoms with E-state index in [1.165, 1.54) is 11.8 Å². The van der Waals surface area contributed by atoms with Crippen molar-refractivity contribution in [2.24, 2.45) is 11.8 Å². The zero-order valence-electron chi connectivity index (χ0n) is 13.2. The summed E-state index contributed by atoms with van der Waals surface area (Å²) in [7, 11) is 0. The number of hydrogen-bond donors (Lipinski definition) is 1. The number of Topliss-reactive ketones (excluding diaryl/α,β-unsaturated/α-hetero) is 1. The molecule has 1 atom stereocenters. The van der Waals surface area contributed by atoms with E-state index in [1.54, 1.807) is 18.7 Å². The smallest absolute Gasteiger partial charge is 0.308 e. The van der Waals surface area contributed by atoms with Crippen LogP contribution in [0, 0.1) is 11.8 Å². The van der Waals surface area contributed by atoms with E-state index in [9.17, 15) is 14.4 Å². The summed E-state index contributed by atoms with van der Waals surface area (Å²) in [6.45, 7) is 8.03. The lowest BCUT2D eigenvalue weighted by atomic mass is 9.96. The molecule has 21 heavy (non-hydrogen) atoms. The van der Waals surface area contributed by atoms with Crippen molar-refractivity contribution >= 4 is 29.4 Å². The number of carbonyl (C=O) groups excluding carboxylic acids is 2. The lowest BCUT2D eigenvalue weighted by molar-refractivity contribution is -0.137. The molecule has 0 bridgehead atoms. The monoisotopic (exact) mass is 313 g/mol. The van der Waals surface area contributed by atoms with Crippen molar-refractivity contribution in [3.05, 3.63) is 11.1 Å². The first-order chi connectivity index (χ1) is 9.70. The summed E-state index contributed by atoms with van der Waals surface area (Å²) in [6.07, 6.45) is 1.45. The highest BCUT2D eigenvalue weighted by atomic mass is 32.2. The number of carboxylic acid groups (broad SMARTS) is 1. The molecule has 0 aromatic carbocycles. The highest BCUT2D eigenvalue weighted by molar-refractivity contribution is 7.99. The summed E-state index contributed by atoms with van der Waals surface area (Å²) in [5.41, 5.74) is 0.534. The van der Waals surface area contributed by atoms with E-state index in [0.29, 0.717) is 12.1 Å². The summed E-state index contributed by atoms with van der Waals surface area (Å²) in [4.78, 5) is 37.6. The van der Waals surface area contributed by atoms with Crippen molar-refractivity contribution in [1.29, 1.82) is 0 Å². The van der Waals surface area contributed by atoms with E-state index >= 15 is 0 Å². The Labute approximate surface area is 129 Å². The average molecular weight is 313 g/mol. The van der Waals surface area contributed by atoms with Crippen molar-refractivity contribution < 1.29 is 19.5 Å². The quantitative estimate of drug-likeness (QED) is 0.779. The molecule has 0 saturated heterocycles. The van der Waals surface area contributed by atoms with Crippen LogP contribution in [-0.2, 0) is 14.4 Å². The molecule has 0 radical (unpaired) electrons. The fraction of sp³-hybridized carbons (Fsp3) is 0.667. The number of carboxylic acids is 1. The minimum Gasteiger partial charge on any atom is -0.481 e.